The molecule has 1 aromatic rings. The van der Waals surface area contributed by atoms with Crippen molar-refractivity contribution in [3.05, 3.63) is 29.6 Å². The van der Waals surface area contributed by atoms with Gasteiger partial charge < -0.3 is 10.5 Å². The van der Waals surface area contributed by atoms with E-state index in [0.717, 1.165) is 45.0 Å². The van der Waals surface area contributed by atoms with Gasteiger partial charge in [0.1, 0.15) is 0 Å². The maximum atomic E-state index is 5.58. The molecule has 1 aliphatic rings. The summed E-state index contributed by atoms with van der Waals surface area (Å²) in [4.78, 5) is 6.62. The fourth-order valence-electron chi connectivity index (χ4n) is 1.95. The third kappa shape index (κ3) is 3.27. The minimum Gasteiger partial charge on any atom is -0.380 e. The number of hydrogen-bond acceptors (Lipinski definition) is 4. The summed E-state index contributed by atoms with van der Waals surface area (Å²) in [5, 5.41) is 0. The number of hydrogen-bond donors (Lipinski definition) is 1. The molecule has 1 aromatic heterocycles. The van der Waals surface area contributed by atoms with Gasteiger partial charge in [0.25, 0.3) is 0 Å². The molecule has 0 amide bonds. The molecular weight excluding hydrogens is 202 g/mol. The summed E-state index contributed by atoms with van der Waals surface area (Å²) in [5.41, 5.74) is 7.83. The van der Waals surface area contributed by atoms with Crippen molar-refractivity contribution in [2.75, 3.05) is 26.3 Å². The van der Waals surface area contributed by atoms with Crippen molar-refractivity contribution < 1.29 is 4.74 Å². The normalized spacial score (nSPS) is 18.3. The summed E-state index contributed by atoms with van der Waals surface area (Å²) >= 11 is 0. The molecule has 4 heteroatoms. The molecule has 1 saturated heterocycles. The SMILES string of the molecule is NCc1cc(CN2CCCOCC2)ccn1. The first-order chi connectivity index (χ1) is 7.88. The number of pyridine rings is 1. The summed E-state index contributed by atoms with van der Waals surface area (Å²) < 4.78 is 5.43. The molecule has 0 aromatic carbocycles. The molecule has 0 radical (unpaired) electrons. The van der Waals surface area contributed by atoms with Gasteiger partial charge >= 0.3 is 0 Å². The Hall–Kier alpha value is -0.970. The first-order valence-electron chi connectivity index (χ1n) is 5.82. The van der Waals surface area contributed by atoms with Gasteiger partial charge in [-0.25, -0.2) is 0 Å². The Balaban J connectivity index is 1.96. The fraction of sp³-hybridized carbons (Fsp3) is 0.583. The molecule has 88 valence electrons. The van der Waals surface area contributed by atoms with Crippen molar-refractivity contribution in [3.8, 4) is 0 Å². The Morgan fingerprint density at radius 1 is 1.38 bits per heavy atom. The highest BCUT2D eigenvalue weighted by Crippen LogP contribution is 2.08. The number of ether oxygens (including phenoxy) is 1. The Kier molecular flexibility index (Phi) is 4.27. The lowest BCUT2D eigenvalue weighted by Gasteiger charge is -2.19. The zero-order valence-electron chi connectivity index (χ0n) is 9.56. The second kappa shape index (κ2) is 5.94. The van der Waals surface area contributed by atoms with Crippen LogP contribution in [0.15, 0.2) is 18.3 Å². The molecule has 0 aliphatic carbocycles. The molecule has 2 N–H and O–H groups in total. The number of nitrogens with two attached hydrogens (primary N) is 1. The van der Waals surface area contributed by atoms with Crippen LogP contribution in [0.4, 0.5) is 0 Å². The van der Waals surface area contributed by atoms with E-state index in [-0.39, 0.29) is 0 Å². The van der Waals surface area contributed by atoms with E-state index >= 15 is 0 Å². The quantitative estimate of drug-likeness (QED) is 0.819. The summed E-state index contributed by atoms with van der Waals surface area (Å²) in [5.74, 6) is 0. The lowest BCUT2D eigenvalue weighted by atomic mass is 10.2. The predicted octanol–water partition coefficient (Wildman–Crippen LogP) is 0.763. The smallest absolute Gasteiger partial charge is 0.0593 e. The Morgan fingerprint density at radius 2 is 2.31 bits per heavy atom. The van der Waals surface area contributed by atoms with Crippen LogP contribution in [0, 0.1) is 0 Å². The number of nitrogens with zero attached hydrogens (tertiary/aromatic N) is 2. The van der Waals surface area contributed by atoms with E-state index in [4.69, 9.17) is 10.5 Å². The first kappa shape index (κ1) is 11.5. The third-order valence-corrected chi connectivity index (χ3v) is 2.81. The van der Waals surface area contributed by atoms with Gasteiger partial charge in [-0.05, 0) is 24.1 Å². The summed E-state index contributed by atoms with van der Waals surface area (Å²) in [6.45, 7) is 5.34. The second-order valence-corrected chi connectivity index (χ2v) is 4.10. The van der Waals surface area contributed by atoms with E-state index in [1.807, 2.05) is 6.20 Å². The summed E-state index contributed by atoms with van der Waals surface area (Å²) in [6, 6.07) is 4.15. The van der Waals surface area contributed by atoms with Crippen LogP contribution in [0.3, 0.4) is 0 Å². The molecule has 2 heterocycles. The van der Waals surface area contributed by atoms with Gasteiger partial charge in [-0.1, -0.05) is 0 Å². The molecule has 0 saturated carbocycles. The highest BCUT2D eigenvalue weighted by Gasteiger charge is 2.09. The van der Waals surface area contributed by atoms with Crippen molar-refractivity contribution in [1.82, 2.24) is 9.88 Å². The van der Waals surface area contributed by atoms with Gasteiger partial charge in [0.2, 0.25) is 0 Å². The first-order valence-corrected chi connectivity index (χ1v) is 5.82. The van der Waals surface area contributed by atoms with Gasteiger partial charge in [0.15, 0.2) is 0 Å². The predicted molar refractivity (Wildman–Crippen MR) is 62.8 cm³/mol. The lowest BCUT2D eigenvalue weighted by Crippen LogP contribution is -2.25. The molecule has 16 heavy (non-hydrogen) atoms. The number of aromatic nitrogens is 1. The van der Waals surface area contributed by atoms with Crippen LogP contribution in [0.25, 0.3) is 0 Å². The molecule has 0 atom stereocenters. The van der Waals surface area contributed by atoms with Crippen LogP contribution in [-0.4, -0.2) is 36.2 Å². The van der Waals surface area contributed by atoms with Crippen LogP contribution >= 0.6 is 0 Å². The van der Waals surface area contributed by atoms with E-state index < -0.39 is 0 Å². The highest BCUT2D eigenvalue weighted by atomic mass is 16.5. The third-order valence-electron chi connectivity index (χ3n) is 2.81. The van der Waals surface area contributed by atoms with E-state index in [1.54, 1.807) is 0 Å². The van der Waals surface area contributed by atoms with Crippen LogP contribution in [0.5, 0.6) is 0 Å². The summed E-state index contributed by atoms with van der Waals surface area (Å²) in [6.07, 6.45) is 2.96. The van der Waals surface area contributed by atoms with Gasteiger partial charge in [-0.2, -0.15) is 0 Å². The van der Waals surface area contributed by atoms with Gasteiger partial charge in [-0.15, -0.1) is 0 Å². The van der Waals surface area contributed by atoms with E-state index in [2.05, 4.69) is 22.0 Å². The average Bonchev–Trinajstić information content (AvgIpc) is 2.58. The molecule has 1 fully saturated rings. The number of rotatable bonds is 3. The minimum atomic E-state index is 0.511. The van der Waals surface area contributed by atoms with Crippen molar-refractivity contribution in [2.24, 2.45) is 5.73 Å². The van der Waals surface area contributed by atoms with Crippen LogP contribution in [-0.2, 0) is 17.8 Å². The Morgan fingerprint density at radius 3 is 3.19 bits per heavy atom. The van der Waals surface area contributed by atoms with E-state index in [9.17, 15) is 0 Å². The lowest BCUT2D eigenvalue weighted by molar-refractivity contribution is 0.140. The maximum Gasteiger partial charge on any atom is 0.0593 e. The molecule has 0 bridgehead atoms. The zero-order chi connectivity index (χ0) is 11.2. The Labute approximate surface area is 96.4 Å². The zero-order valence-corrected chi connectivity index (χ0v) is 9.56. The van der Waals surface area contributed by atoms with Crippen LogP contribution < -0.4 is 5.73 Å². The molecule has 0 spiro atoms. The average molecular weight is 221 g/mol. The molecule has 2 rings (SSSR count). The van der Waals surface area contributed by atoms with Crippen LogP contribution in [0.1, 0.15) is 17.7 Å². The maximum absolute atomic E-state index is 5.58. The molecular formula is C12H19N3O. The van der Waals surface area contributed by atoms with Gasteiger partial charge in [0.05, 0.1) is 12.3 Å². The van der Waals surface area contributed by atoms with Crippen LogP contribution in [0.2, 0.25) is 0 Å². The minimum absolute atomic E-state index is 0.511. The van der Waals surface area contributed by atoms with Gasteiger partial charge in [-0.3, -0.25) is 9.88 Å². The molecule has 4 nitrogen and oxygen atoms in total. The second-order valence-electron chi connectivity index (χ2n) is 4.10. The standard InChI is InChI=1S/C12H19N3O/c13-9-12-8-11(2-3-14-12)10-15-4-1-6-16-7-5-15/h2-3,8H,1,4-7,9-10,13H2. The van der Waals surface area contributed by atoms with Crippen molar-refractivity contribution in [3.63, 3.8) is 0 Å². The topological polar surface area (TPSA) is 51.4 Å². The largest absolute Gasteiger partial charge is 0.380 e. The van der Waals surface area contributed by atoms with Crippen molar-refractivity contribution in [2.45, 2.75) is 19.5 Å². The van der Waals surface area contributed by atoms with E-state index in [0.29, 0.717) is 6.54 Å². The van der Waals surface area contributed by atoms with Gasteiger partial charge in [0, 0.05) is 39.0 Å². The summed E-state index contributed by atoms with van der Waals surface area (Å²) in [7, 11) is 0. The van der Waals surface area contributed by atoms with Crippen molar-refractivity contribution >= 4 is 0 Å². The highest BCUT2D eigenvalue weighted by molar-refractivity contribution is 5.16. The van der Waals surface area contributed by atoms with E-state index in [1.165, 1.54) is 5.56 Å². The fourth-order valence-corrected chi connectivity index (χ4v) is 1.95. The Bertz CT molecular complexity index is 322. The monoisotopic (exact) mass is 221 g/mol. The molecule has 0 unspecified atom stereocenters. The molecule has 1 aliphatic heterocycles. The van der Waals surface area contributed by atoms with Crippen molar-refractivity contribution in [1.29, 1.82) is 0 Å².